The second-order valence-electron chi connectivity index (χ2n) is 3.94. The molecule has 11 heteroatoms. The lowest BCUT2D eigenvalue weighted by atomic mass is 10.2. The fourth-order valence-electron chi connectivity index (χ4n) is 1.55. The monoisotopic (exact) mass is 363 g/mol. The minimum atomic E-state index is -4.96. The largest absolute Gasteiger partial charge is 1.00 e. The van der Waals surface area contributed by atoms with Gasteiger partial charge in [0, 0.05) is 23.8 Å². The van der Waals surface area contributed by atoms with Crippen LogP contribution >= 0.6 is 20.2 Å². The molecule has 7 nitrogen and oxygen atoms in total. The summed E-state index contributed by atoms with van der Waals surface area (Å²) in [6.07, 6.45) is 2.82. The summed E-state index contributed by atoms with van der Waals surface area (Å²) in [7, 11) is -9.79. The van der Waals surface area contributed by atoms with Gasteiger partial charge in [-0.1, -0.05) is 0 Å². The third-order valence-corrected chi connectivity index (χ3v) is 6.02. The van der Waals surface area contributed by atoms with Gasteiger partial charge in [0.15, 0.2) is 23.9 Å². The maximum absolute atomic E-state index is 11.1. The highest BCUT2D eigenvalue weighted by Crippen LogP contribution is 2.45. The van der Waals surface area contributed by atoms with E-state index in [1.54, 1.807) is 23.0 Å². The van der Waals surface area contributed by atoms with Gasteiger partial charge < -0.3 is 22.2 Å². The number of aryl methyl sites for hydroxylation is 1. The van der Waals surface area contributed by atoms with E-state index in [4.69, 9.17) is 14.3 Å². The van der Waals surface area contributed by atoms with Crippen LogP contribution < -0.4 is 17.0 Å². The Labute approximate surface area is 128 Å². The van der Waals surface area contributed by atoms with E-state index in [1.165, 1.54) is 6.07 Å². The zero-order chi connectivity index (χ0) is 14.7. The highest BCUT2D eigenvalue weighted by molar-refractivity contribution is 7.93. The standard InChI is InChI=1S/C9H14NO6PS2.ClH/c11-17(12,13)9(19(14,15)16)6-8-2-1-3-10(7-8)4-5-18;/h1-3,7,9H,4-6H2,(H3-,11,12,13,14,15,16,18);1H. The first-order chi connectivity index (χ1) is 8.64. The molecule has 0 saturated carbocycles. The van der Waals surface area contributed by atoms with Crippen molar-refractivity contribution in [1.29, 1.82) is 0 Å². The Morgan fingerprint density at radius 1 is 1.40 bits per heavy atom. The molecular weight excluding hydrogens is 349 g/mol. The predicted molar refractivity (Wildman–Crippen MR) is 71.6 cm³/mol. The van der Waals surface area contributed by atoms with Gasteiger partial charge in [-0.3, -0.25) is 9.12 Å². The van der Waals surface area contributed by atoms with E-state index in [2.05, 4.69) is 12.6 Å². The van der Waals surface area contributed by atoms with Crippen LogP contribution in [0.1, 0.15) is 5.56 Å². The van der Waals surface area contributed by atoms with E-state index in [9.17, 15) is 13.0 Å². The van der Waals surface area contributed by atoms with Gasteiger partial charge in [-0.05, 0) is 6.07 Å². The third kappa shape index (κ3) is 6.09. The molecule has 116 valence electrons. The van der Waals surface area contributed by atoms with Crippen molar-refractivity contribution in [1.82, 2.24) is 0 Å². The van der Waals surface area contributed by atoms with Crippen molar-refractivity contribution >= 4 is 30.3 Å². The van der Waals surface area contributed by atoms with Gasteiger partial charge in [0.1, 0.15) is 0 Å². The minimum Gasteiger partial charge on any atom is -1.00 e. The normalized spacial score (nSPS) is 13.6. The molecule has 0 fully saturated rings. The topological polar surface area (TPSA) is 116 Å². The number of hydrogen-bond acceptors (Lipinski definition) is 4. The quantitative estimate of drug-likeness (QED) is 0.183. The lowest BCUT2D eigenvalue weighted by Crippen LogP contribution is -3.00. The molecule has 1 heterocycles. The fourth-order valence-corrected chi connectivity index (χ4v) is 4.02. The smallest absolute Gasteiger partial charge is 0.346 e. The summed E-state index contributed by atoms with van der Waals surface area (Å²) in [5, 5.41) is 0. The Balaban J connectivity index is 0.00000361. The van der Waals surface area contributed by atoms with E-state index < -0.39 is 29.1 Å². The maximum atomic E-state index is 11.1. The van der Waals surface area contributed by atoms with Crippen LogP contribution in [-0.2, 0) is 27.6 Å². The molecule has 0 aliphatic heterocycles. The molecule has 1 rings (SSSR count). The first-order valence-corrected chi connectivity index (χ1v) is 9.06. The molecule has 3 N–H and O–H groups in total. The summed E-state index contributed by atoms with van der Waals surface area (Å²) in [5.41, 5.74) is 0.398. The van der Waals surface area contributed by atoms with E-state index in [-0.39, 0.29) is 12.4 Å². The number of halogens is 1. The number of aromatic nitrogens is 1. The maximum Gasteiger partial charge on any atom is 0.346 e. The van der Waals surface area contributed by atoms with Crippen molar-refractivity contribution in [3.63, 3.8) is 0 Å². The molecule has 1 unspecified atom stereocenters. The van der Waals surface area contributed by atoms with Gasteiger partial charge in [0.25, 0.3) is 10.1 Å². The van der Waals surface area contributed by atoms with Crippen LogP contribution in [0.2, 0.25) is 0 Å². The van der Waals surface area contributed by atoms with Gasteiger partial charge in [-0.25, -0.2) is 4.57 Å². The summed E-state index contributed by atoms with van der Waals surface area (Å²) in [5.74, 6) is 0.564. The van der Waals surface area contributed by atoms with E-state index in [1.807, 2.05) is 0 Å². The van der Waals surface area contributed by atoms with Crippen molar-refractivity contribution in [2.24, 2.45) is 0 Å². The Morgan fingerprint density at radius 2 is 2.00 bits per heavy atom. The Hall–Kier alpha value is -0.150. The number of hydrogen-bond donors (Lipinski definition) is 4. The molecule has 0 aromatic carbocycles. The second kappa shape index (κ2) is 7.74. The molecule has 0 aliphatic rings. The van der Waals surface area contributed by atoms with Gasteiger partial charge in [0.2, 0.25) is 0 Å². The molecule has 0 bridgehead atoms. The Kier molecular flexibility index (Phi) is 7.69. The summed E-state index contributed by atoms with van der Waals surface area (Å²) in [4.78, 5) is 15.9. The summed E-state index contributed by atoms with van der Waals surface area (Å²) < 4.78 is 43.8. The first-order valence-electron chi connectivity index (χ1n) is 5.25. The predicted octanol–water partition coefficient (Wildman–Crippen LogP) is -3.16. The average molecular weight is 364 g/mol. The number of rotatable bonds is 6. The van der Waals surface area contributed by atoms with Crippen LogP contribution in [0.25, 0.3) is 0 Å². The average Bonchev–Trinajstić information content (AvgIpc) is 2.24. The van der Waals surface area contributed by atoms with Crippen LogP contribution in [0.3, 0.4) is 0 Å². The zero-order valence-corrected chi connectivity index (χ0v) is 13.6. The van der Waals surface area contributed by atoms with Crippen molar-refractivity contribution in [3.8, 4) is 0 Å². The fraction of sp³-hybridized carbons (Fsp3) is 0.444. The van der Waals surface area contributed by atoms with Gasteiger partial charge in [0.05, 0.1) is 0 Å². The molecule has 0 amide bonds. The molecule has 0 radical (unpaired) electrons. The lowest BCUT2D eigenvalue weighted by Gasteiger charge is -2.14. The van der Waals surface area contributed by atoms with Crippen molar-refractivity contribution in [3.05, 3.63) is 30.1 Å². The van der Waals surface area contributed by atoms with Crippen LogP contribution in [0.5, 0.6) is 0 Å². The highest BCUT2D eigenvalue weighted by Gasteiger charge is 2.40. The molecule has 20 heavy (non-hydrogen) atoms. The molecular formula is C9H15ClNO6PS2. The Morgan fingerprint density at radius 3 is 2.45 bits per heavy atom. The Bertz CT molecular complexity index is 590. The number of thiol groups is 1. The summed E-state index contributed by atoms with van der Waals surface area (Å²) >= 11 is 4.05. The van der Waals surface area contributed by atoms with Crippen LogP contribution in [0.15, 0.2) is 24.5 Å². The number of pyridine rings is 1. The summed E-state index contributed by atoms with van der Waals surface area (Å²) in [6.45, 7) is 0.573. The minimum absolute atomic E-state index is 0. The number of nitrogens with zero attached hydrogens (tertiary/aromatic N) is 1. The second-order valence-corrected chi connectivity index (χ2v) is 8.13. The first kappa shape index (κ1) is 19.9. The van der Waals surface area contributed by atoms with E-state index in [0.717, 1.165) is 0 Å². The molecule has 0 saturated heterocycles. The van der Waals surface area contributed by atoms with Gasteiger partial charge in [-0.15, -0.1) is 0 Å². The molecule has 0 aliphatic carbocycles. The molecule has 1 aromatic heterocycles. The summed E-state index contributed by atoms with van der Waals surface area (Å²) in [6, 6.07) is 3.16. The van der Waals surface area contributed by atoms with Crippen LogP contribution in [0, 0.1) is 0 Å². The van der Waals surface area contributed by atoms with Crippen molar-refractivity contribution in [2.75, 3.05) is 5.75 Å². The lowest BCUT2D eigenvalue weighted by molar-refractivity contribution is -0.692. The molecule has 0 spiro atoms. The van der Waals surface area contributed by atoms with Gasteiger partial charge in [-0.2, -0.15) is 21.0 Å². The highest BCUT2D eigenvalue weighted by atomic mass is 35.5. The van der Waals surface area contributed by atoms with Crippen molar-refractivity contribution < 1.29 is 44.3 Å². The van der Waals surface area contributed by atoms with Crippen molar-refractivity contribution in [2.45, 2.75) is 18.0 Å². The third-order valence-electron chi connectivity index (χ3n) is 2.41. The van der Waals surface area contributed by atoms with E-state index in [0.29, 0.717) is 17.9 Å². The van der Waals surface area contributed by atoms with E-state index >= 15 is 0 Å². The SMILES string of the molecule is O=P(O)(O)C(Cc1ccc[n+](CCS)c1)S(=O)(=O)O.[Cl-]. The van der Waals surface area contributed by atoms with Crippen LogP contribution in [-0.4, -0.2) is 33.5 Å². The molecule has 1 aromatic rings. The zero-order valence-electron chi connectivity index (χ0n) is 10.2. The molecule has 1 atom stereocenters. The van der Waals surface area contributed by atoms with Gasteiger partial charge >= 0.3 is 7.60 Å². The van der Waals surface area contributed by atoms with Crippen LogP contribution in [0.4, 0.5) is 0 Å².